The monoisotopic (exact) mass is 229 g/mol. The number of carbonyl (C=O) groups excluding carboxylic acids is 2. The third-order valence-electron chi connectivity index (χ3n) is 1.75. The predicted octanol–water partition coefficient (Wildman–Crippen LogP) is 0.185. The van der Waals surface area contributed by atoms with Crippen molar-refractivity contribution in [1.29, 1.82) is 0 Å². The SMILES string of the molecule is COC(=O)Cc1nc(C(=O)OC)oc1OC. The molecule has 0 aromatic carbocycles. The number of carbonyl (C=O) groups is 2. The molecule has 0 spiro atoms. The quantitative estimate of drug-likeness (QED) is 0.680. The fourth-order valence-electron chi connectivity index (χ4n) is 0.992. The standard InChI is InChI=1S/C9H11NO6/c1-13-6(11)4-5-9(15-3)16-7(10-5)8(12)14-2/h4H2,1-3H3. The van der Waals surface area contributed by atoms with Gasteiger partial charge in [0, 0.05) is 0 Å². The summed E-state index contributed by atoms with van der Waals surface area (Å²) in [6.45, 7) is 0. The molecule has 0 saturated carbocycles. The van der Waals surface area contributed by atoms with Crippen molar-refractivity contribution in [3.8, 4) is 5.95 Å². The van der Waals surface area contributed by atoms with Gasteiger partial charge in [0.15, 0.2) is 0 Å². The second kappa shape index (κ2) is 5.15. The zero-order valence-electron chi connectivity index (χ0n) is 9.10. The fraction of sp³-hybridized carbons (Fsp3) is 0.444. The van der Waals surface area contributed by atoms with Crippen LogP contribution in [0.25, 0.3) is 0 Å². The number of oxazole rings is 1. The van der Waals surface area contributed by atoms with Crippen LogP contribution in [-0.4, -0.2) is 38.3 Å². The first-order chi connectivity index (χ1) is 7.62. The van der Waals surface area contributed by atoms with Crippen LogP contribution < -0.4 is 4.74 Å². The number of rotatable bonds is 4. The molecule has 0 amide bonds. The smallest absolute Gasteiger partial charge is 0.394 e. The molecular weight excluding hydrogens is 218 g/mol. The first-order valence-electron chi connectivity index (χ1n) is 4.31. The minimum absolute atomic E-state index is 0.00852. The van der Waals surface area contributed by atoms with Crippen LogP contribution in [0.1, 0.15) is 16.4 Å². The summed E-state index contributed by atoms with van der Waals surface area (Å²) < 4.78 is 18.6. The van der Waals surface area contributed by atoms with Gasteiger partial charge in [-0.3, -0.25) is 4.79 Å². The highest BCUT2D eigenvalue weighted by molar-refractivity contribution is 5.84. The van der Waals surface area contributed by atoms with Crippen molar-refractivity contribution in [3.05, 3.63) is 11.6 Å². The summed E-state index contributed by atoms with van der Waals surface area (Å²) in [5.41, 5.74) is 0.190. The van der Waals surface area contributed by atoms with E-state index in [1.165, 1.54) is 21.3 Å². The number of esters is 2. The van der Waals surface area contributed by atoms with Gasteiger partial charge in [0.05, 0.1) is 27.8 Å². The van der Waals surface area contributed by atoms with E-state index in [0.717, 1.165) is 0 Å². The Kier molecular flexibility index (Phi) is 3.87. The molecule has 0 atom stereocenters. The maximum atomic E-state index is 11.1. The van der Waals surface area contributed by atoms with E-state index < -0.39 is 11.9 Å². The molecule has 0 radical (unpaired) electrons. The van der Waals surface area contributed by atoms with Gasteiger partial charge >= 0.3 is 23.8 Å². The van der Waals surface area contributed by atoms with Crippen molar-refractivity contribution < 1.29 is 28.2 Å². The zero-order valence-corrected chi connectivity index (χ0v) is 9.10. The number of hydrogen-bond acceptors (Lipinski definition) is 7. The van der Waals surface area contributed by atoms with Gasteiger partial charge in [0.2, 0.25) is 0 Å². The Labute approximate surface area is 91.3 Å². The number of methoxy groups -OCH3 is 3. The summed E-state index contributed by atoms with van der Waals surface area (Å²) in [7, 11) is 3.78. The molecule has 1 aromatic rings. The molecule has 0 bridgehead atoms. The summed E-state index contributed by atoms with van der Waals surface area (Å²) >= 11 is 0. The minimum atomic E-state index is -0.741. The van der Waals surface area contributed by atoms with E-state index in [4.69, 9.17) is 9.15 Å². The van der Waals surface area contributed by atoms with Gasteiger partial charge in [0.25, 0.3) is 0 Å². The highest BCUT2D eigenvalue weighted by atomic mass is 16.6. The maximum absolute atomic E-state index is 11.1. The number of hydrogen-bond donors (Lipinski definition) is 0. The van der Waals surface area contributed by atoms with Crippen molar-refractivity contribution in [3.63, 3.8) is 0 Å². The third kappa shape index (κ3) is 2.50. The lowest BCUT2D eigenvalue weighted by molar-refractivity contribution is -0.139. The molecule has 16 heavy (non-hydrogen) atoms. The van der Waals surface area contributed by atoms with E-state index >= 15 is 0 Å². The molecule has 88 valence electrons. The van der Waals surface area contributed by atoms with Crippen LogP contribution in [0.3, 0.4) is 0 Å². The van der Waals surface area contributed by atoms with Gasteiger partial charge in [-0.15, -0.1) is 0 Å². The van der Waals surface area contributed by atoms with Crippen LogP contribution in [0.4, 0.5) is 0 Å². The van der Waals surface area contributed by atoms with Gasteiger partial charge in [-0.05, 0) is 0 Å². The van der Waals surface area contributed by atoms with Crippen LogP contribution in [0.2, 0.25) is 0 Å². The van der Waals surface area contributed by atoms with Gasteiger partial charge in [0.1, 0.15) is 5.69 Å². The minimum Gasteiger partial charge on any atom is -0.469 e. The summed E-state index contributed by atoms with van der Waals surface area (Å²) in [5, 5.41) is 0. The fourth-order valence-corrected chi connectivity index (χ4v) is 0.992. The Morgan fingerprint density at radius 3 is 2.44 bits per heavy atom. The molecule has 7 heteroatoms. The normalized spacial score (nSPS) is 9.69. The third-order valence-corrected chi connectivity index (χ3v) is 1.75. The van der Waals surface area contributed by atoms with Gasteiger partial charge in [-0.1, -0.05) is 0 Å². The second-order valence-electron chi connectivity index (χ2n) is 2.70. The highest BCUT2D eigenvalue weighted by Crippen LogP contribution is 2.20. The molecule has 1 aromatic heterocycles. The molecule has 0 aliphatic heterocycles. The molecule has 7 nitrogen and oxygen atoms in total. The number of aromatic nitrogens is 1. The number of nitrogens with zero attached hydrogens (tertiary/aromatic N) is 1. The molecule has 0 aliphatic carbocycles. The van der Waals surface area contributed by atoms with E-state index in [9.17, 15) is 9.59 Å². The molecule has 0 aliphatic rings. The molecule has 1 rings (SSSR count). The van der Waals surface area contributed by atoms with Gasteiger partial charge in [-0.25, -0.2) is 9.78 Å². The molecule has 0 saturated heterocycles. The molecular formula is C9H11NO6. The summed E-state index contributed by atoms with van der Waals surface area (Å²) in [5.74, 6) is -1.53. The number of ether oxygens (including phenoxy) is 3. The van der Waals surface area contributed by atoms with E-state index in [0.29, 0.717) is 0 Å². The Balaban J connectivity index is 2.94. The molecule has 1 heterocycles. The largest absolute Gasteiger partial charge is 0.469 e. The first kappa shape index (κ1) is 12.0. The van der Waals surface area contributed by atoms with Gasteiger partial charge < -0.3 is 18.6 Å². The summed E-state index contributed by atoms with van der Waals surface area (Å²) in [4.78, 5) is 25.9. The lowest BCUT2D eigenvalue weighted by Crippen LogP contribution is -2.07. The highest BCUT2D eigenvalue weighted by Gasteiger charge is 2.21. The Hall–Kier alpha value is -2.05. The van der Waals surface area contributed by atoms with Crippen LogP contribution in [0.5, 0.6) is 5.95 Å². The van der Waals surface area contributed by atoms with Crippen molar-refractivity contribution in [2.75, 3.05) is 21.3 Å². The maximum Gasteiger partial charge on any atom is 0.394 e. The van der Waals surface area contributed by atoms with Gasteiger partial charge in [-0.2, -0.15) is 0 Å². The van der Waals surface area contributed by atoms with Crippen molar-refractivity contribution in [2.24, 2.45) is 0 Å². The average Bonchev–Trinajstić information content (AvgIpc) is 2.70. The Bertz CT molecular complexity index is 397. The second-order valence-corrected chi connectivity index (χ2v) is 2.70. The van der Waals surface area contributed by atoms with E-state index in [1.807, 2.05) is 0 Å². The average molecular weight is 229 g/mol. The van der Waals surface area contributed by atoms with Crippen molar-refractivity contribution >= 4 is 11.9 Å². The lowest BCUT2D eigenvalue weighted by Gasteiger charge is -1.96. The summed E-state index contributed by atoms with van der Waals surface area (Å²) in [6, 6.07) is 0. The molecule has 0 fully saturated rings. The summed E-state index contributed by atoms with van der Waals surface area (Å²) in [6.07, 6.45) is -0.139. The lowest BCUT2D eigenvalue weighted by atomic mass is 10.3. The first-order valence-corrected chi connectivity index (χ1v) is 4.31. The van der Waals surface area contributed by atoms with E-state index in [-0.39, 0.29) is 24.0 Å². The molecule has 0 unspecified atom stereocenters. The van der Waals surface area contributed by atoms with Crippen LogP contribution in [-0.2, 0) is 20.7 Å². The topological polar surface area (TPSA) is 87.9 Å². The van der Waals surface area contributed by atoms with Crippen molar-refractivity contribution in [2.45, 2.75) is 6.42 Å². The van der Waals surface area contributed by atoms with Crippen LogP contribution in [0, 0.1) is 0 Å². The predicted molar refractivity (Wildman–Crippen MR) is 50.1 cm³/mol. The van der Waals surface area contributed by atoms with E-state index in [1.54, 1.807) is 0 Å². The van der Waals surface area contributed by atoms with Crippen LogP contribution in [0.15, 0.2) is 4.42 Å². The molecule has 0 N–H and O–H groups in total. The Morgan fingerprint density at radius 1 is 1.25 bits per heavy atom. The van der Waals surface area contributed by atoms with E-state index in [2.05, 4.69) is 14.5 Å². The van der Waals surface area contributed by atoms with Crippen molar-refractivity contribution in [1.82, 2.24) is 4.98 Å². The zero-order chi connectivity index (χ0) is 12.1. The Morgan fingerprint density at radius 2 is 1.94 bits per heavy atom. The van der Waals surface area contributed by atoms with Crippen LogP contribution >= 0.6 is 0 Å².